The van der Waals surface area contributed by atoms with Crippen molar-refractivity contribution >= 4 is 30.9 Å². The summed E-state index contributed by atoms with van der Waals surface area (Å²) in [6.45, 7) is 3.42. The van der Waals surface area contributed by atoms with E-state index in [9.17, 15) is 0 Å². The third kappa shape index (κ3) is 8.56. The Hall–Kier alpha value is 0.565. The van der Waals surface area contributed by atoms with E-state index in [1.54, 1.807) is 13.8 Å². The summed E-state index contributed by atoms with van der Waals surface area (Å²) in [7, 11) is 0.148. The normalized spacial score (nSPS) is 16.9. The summed E-state index contributed by atoms with van der Waals surface area (Å²) >= 11 is 10.8. The van der Waals surface area contributed by atoms with Crippen LogP contribution in [0.2, 0.25) is 0 Å². The molecular weight excluding hydrogens is 162 g/mol. The van der Waals surface area contributed by atoms with E-state index < -0.39 is 0 Å². The van der Waals surface area contributed by atoms with Crippen LogP contribution in [0.3, 0.4) is 0 Å². The van der Waals surface area contributed by atoms with Crippen molar-refractivity contribution in [3.63, 3.8) is 0 Å². The average molecular weight is 171 g/mol. The summed E-state index contributed by atoms with van der Waals surface area (Å²) in [5.74, 6) is 0. The first-order valence-corrected chi connectivity index (χ1v) is 3.51. The van der Waals surface area contributed by atoms with Crippen LogP contribution in [0.4, 0.5) is 0 Å². The molecule has 0 amide bonds. The van der Waals surface area contributed by atoms with Crippen LogP contribution in [0, 0.1) is 0 Å². The van der Waals surface area contributed by atoms with E-state index in [-0.39, 0.29) is 18.8 Å². The molecule has 0 aromatic rings. The van der Waals surface area contributed by atoms with Crippen molar-refractivity contribution in [1.29, 1.82) is 0 Å². The highest BCUT2D eigenvalue weighted by atomic mass is 35.5. The van der Waals surface area contributed by atoms with Crippen LogP contribution in [0.5, 0.6) is 0 Å². The zero-order chi connectivity index (χ0) is 7.28. The maximum absolute atomic E-state index is 5.42. The van der Waals surface area contributed by atoms with Crippen molar-refractivity contribution in [2.45, 2.75) is 25.0 Å². The highest BCUT2D eigenvalue weighted by Gasteiger charge is 2.00. The second-order valence-corrected chi connectivity index (χ2v) is 2.77. The molecule has 0 aliphatic heterocycles. The van der Waals surface area contributed by atoms with Crippen LogP contribution in [0.1, 0.15) is 13.8 Å². The lowest BCUT2D eigenvalue weighted by Crippen LogP contribution is -2.12. The quantitative estimate of drug-likeness (QED) is 0.470. The van der Waals surface area contributed by atoms with Gasteiger partial charge in [0, 0.05) is 0 Å². The van der Waals surface area contributed by atoms with Gasteiger partial charge in [0.15, 0.2) is 0 Å². The van der Waals surface area contributed by atoms with Gasteiger partial charge in [0.1, 0.15) is 11.1 Å². The number of alkyl halides is 2. The minimum Gasteiger partial charge on any atom is -0.398 e. The molecule has 5 heteroatoms. The van der Waals surface area contributed by atoms with Gasteiger partial charge < -0.3 is 9.31 Å². The molecule has 0 saturated carbocycles. The van der Waals surface area contributed by atoms with Crippen LogP contribution >= 0.6 is 23.2 Å². The van der Waals surface area contributed by atoms with E-state index >= 15 is 0 Å². The highest BCUT2D eigenvalue weighted by molar-refractivity contribution is 6.26. The predicted molar refractivity (Wildman–Crippen MR) is 39.9 cm³/mol. The molecule has 0 aliphatic carbocycles. The number of halogens is 2. The Kier molecular flexibility index (Phi) is 5.69. The van der Waals surface area contributed by atoms with E-state index in [1.807, 2.05) is 0 Å². The fraction of sp³-hybridized carbons (Fsp3) is 1.00. The third-order valence-corrected chi connectivity index (χ3v) is 0.847. The van der Waals surface area contributed by atoms with E-state index in [0.29, 0.717) is 0 Å². The van der Waals surface area contributed by atoms with E-state index in [0.717, 1.165) is 0 Å². The maximum atomic E-state index is 5.42. The van der Waals surface area contributed by atoms with Crippen LogP contribution in [0.25, 0.3) is 0 Å². The topological polar surface area (TPSA) is 18.5 Å². The highest BCUT2D eigenvalue weighted by Crippen LogP contribution is 1.97. The molecule has 0 fully saturated rings. The molecule has 0 spiro atoms. The Labute approximate surface area is 65.7 Å². The first kappa shape index (κ1) is 9.56. The van der Waals surface area contributed by atoms with Gasteiger partial charge in [-0.05, 0) is 13.8 Å². The molecule has 0 heterocycles. The zero-order valence-corrected chi connectivity index (χ0v) is 6.95. The summed E-state index contributed by atoms with van der Waals surface area (Å²) in [6, 6.07) is 0. The van der Waals surface area contributed by atoms with E-state index in [1.165, 1.54) is 0 Å². The Morgan fingerprint density at radius 1 is 1.11 bits per heavy atom. The molecule has 0 radical (unpaired) electrons. The number of hydrogen-bond donors (Lipinski definition) is 0. The first-order chi connectivity index (χ1) is 4.13. The molecule has 0 rings (SSSR count). The molecule has 0 saturated heterocycles. The Morgan fingerprint density at radius 2 is 1.44 bits per heavy atom. The van der Waals surface area contributed by atoms with E-state index in [2.05, 4.69) is 0 Å². The van der Waals surface area contributed by atoms with Gasteiger partial charge in [-0.15, -0.1) is 0 Å². The third-order valence-electron chi connectivity index (χ3n) is 0.595. The smallest absolute Gasteiger partial charge is 0.398 e. The van der Waals surface area contributed by atoms with Gasteiger partial charge in [0.2, 0.25) is 0 Å². The maximum Gasteiger partial charge on any atom is 0.440 e. The van der Waals surface area contributed by atoms with Crippen molar-refractivity contribution in [3.05, 3.63) is 0 Å². The lowest BCUT2D eigenvalue weighted by atomic mass is 10.4. The second kappa shape index (κ2) is 5.36. The average Bonchev–Trinajstić information content (AvgIpc) is 1.63. The van der Waals surface area contributed by atoms with Crippen LogP contribution in [0.15, 0.2) is 0 Å². The Morgan fingerprint density at radius 3 is 1.67 bits per heavy atom. The van der Waals surface area contributed by atoms with Crippen molar-refractivity contribution < 1.29 is 9.31 Å². The van der Waals surface area contributed by atoms with Crippen LogP contribution in [-0.2, 0) is 9.31 Å². The molecule has 2 atom stereocenters. The molecule has 9 heavy (non-hydrogen) atoms. The van der Waals surface area contributed by atoms with Crippen molar-refractivity contribution in [1.82, 2.24) is 0 Å². The molecule has 0 N–H and O–H groups in total. The van der Waals surface area contributed by atoms with Gasteiger partial charge in [0.05, 0.1) is 0 Å². The fourth-order valence-electron chi connectivity index (χ4n) is 0.227. The summed E-state index contributed by atoms with van der Waals surface area (Å²) in [5.41, 5.74) is -0.638. The summed E-state index contributed by atoms with van der Waals surface area (Å²) in [6.07, 6.45) is 0. The van der Waals surface area contributed by atoms with Gasteiger partial charge in [-0.25, -0.2) is 0 Å². The predicted octanol–water partition coefficient (Wildman–Crippen LogP) is 1.46. The van der Waals surface area contributed by atoms with Crippen LogP contribution in [-0.4, -0.2) is 18.8 Å². The van der Waals surface area contributed by atoms with E-state index in [4.69, 9.17) is 32.5 Å². The minimum absolute atomic E-state index is 0.148. The molecule has 0 aromatic heterocycles. The second-order valence-electron chi connectivity index (χ2n) is 1.54. The molecule has 0 bridgehead atoms. The summed E-state index contributed by atoms with van der Waals surface area (Å²) < 4.78 is 9.62. The monoisotopic (exact) mass is 170 g/mol. The molecule has 54 valence electrons. The van der Waals surface area contributed by atoms with Crippen molar-refractivity contribution in [2.24, 2.45) is 0 Å². The standard InChI is InChI=1S/C4H9BCl2O2/c1-3(6)8-5-9-4(2)7/h3-5H,1-2H3. The number of rotatable bonds is 4. The van der Waals surface area contributed by atoms with Crippen molar-refractivity contribution in [2.75, 3.05) is 0 Å². The lowest BCUT2D eigenvalue weighted by Gasteiger charge is -2.05. The summed E-state index contributed by atoms with van der Waals surface area (Å²) in [4.78, 5) is 0. The van der Waals surface area contributed by atoms with Crippen molar-refractivity contribution in [3.8, 4) is 0 Å². The lowest BCUT2D eigenvalue weighted by molar-refractivity contribution is 0.204. The van der Waals surface area contributed by atoms with Crippen LogP contribution < -0.4 is 0 Å². The SMILES string of the molecule is CC(Cl)OBOC(C)Cl. The molecular formula is C4H9BCl2O2. The first-order valence-electron chi connectivity index (χ1n) is 2.64. The molecule has 0 aromatic carbocycles. The van der Waals surface area contributed by atoms with Gasteiger partial charge in [0.25, 0.3) is 0 Å². The molecule has 0 aliphatic rings. The summed E-state index contributed by atoms with van der Waals surface area (Å²) in [5, 5.41) is 0. The minimum atomic E-state index is -0.319. The Bertz CT molecular complexity index is 61.6. The zero-order valence-electron chi connectivity index (χ0n) is 5.43. The number of hydrogen-bond acceptors (Lipinski definition) is 2. The van der Waals surface area contributed by atoms with Gasteiger partial charge in [-0.3, -0.25) is 0 Å². The molecule has 2 unspecified atom stereocenters. The van der Waals surface area contributed by atoms with Gasteiger partial charge in [-0.1, -0.05) is 23.2 Å². The largest absolute Gasteiger partial charge is 0.440 e. The van der Waals surface area contributed by atoms with Gasteiger partial charge in [-0.2, -0.15) is 0 Å². The van der Waals surface area contributed by atoms with Gasteiger partial charge >= 0.3 is 7.69 Å². The molecule has 2 nitrogen and oxygen atoms in total. The fourth-order valence-corrected chi connectivity index (χ4v) is 0.330. The Balaban J connectivity index is 2.91.